The van der Waals surface area contributed by atoms with Crippen molar-refractivity contribution in [2.45, 2.75) is 0 Å². The van der Waals surface area contributed by atoms with Gasteiger partial charge in [-0.15, -0.1) is 0 Å². The normalized spacial score (nSPS) is 10.9. The molecule has 0 aliphatic carbocycles. The van der Waals surface area contributed by atoms with Crippen LogP contribution in [0.4, 0.5) is 5.69 Å². The standard InChI is InChI=1S/C13H8Cl4N2/c14-8-1-3-9(4-2-8)19-18-7-10-11(15)5-6-12(16)13(10)17/h1-7,19H/b18-7+. The Kier molecular flexibility index (Phi) is 4.94. The van der Waals surface area contributed by atoms with Gasteiger partial charge in [-0.3, -0.25) is 5.43 Å². The second kappa shape index (κ2) is 6.49. The Labute approximate surface area is 130 Å². The summed E-state index contributed by atoms with van der Waals surface area (Å²) in [4.78, 5) is 0. The lowest BCUT2D eigenvalue weighted by molar-refractivity contribution is 1.35. The van der Waals surface area contributed by atoms with E-state index in [9.17, 15) is 0 Å². The Morgan fingerprint density at radius 2 is 1.47 bits per heavy atom. The smallest absolute Gasteiger partial charge is 0.0695 e. The highest BCUT2D eigenvalue weighted by molar-refractivity contribution is 6.45. The van der Waals surface area contributed by atoms with Crippen LogP contribution in [0.3, 0.4) is 0 Å². The Hall–Kier alpha value is -0.930. The largest absolute Gasteiger partial charge is 0.279 e. The van der Waals surface area contributed by atoms with Crippen molar-refractivity contribution < 1.29 is 0 Å². The summed E-state index contributed by atoms with van der Waals surface area (Å²) in [6.07, 6.45) is 1.52. The molecule has 6 heteroatoms. The van der Waals surface area contributed by atoms with Gasteiger partial charge in [0.25, 0.3) is 0 Å². The molecule has 19 heavy (non-hydrogen) atoms. The zero-order valence-electron chi connectivity index (χ0n) is 9.50. The molecule has 2 rings (SSSR count). The number of hydrazone groups is 1. The van der Waals surface area contributed by atoms with Gasteiger partial charge >= 0.3 is 0 Å². The number of nitrogens with zero attached hydrogens (tertiary/aromatic N) is 1. The fourth-order valence-corrected chi connectivity index (χ4v) is 2.12. The summed E-state index contributed by atoms with van der Waals surface area (Å²) in [6, 6.07) is 10.4. The van der Waals surface area contributed by atoms with E-state index in [4.69, 9.17) is 46.4 Å². The molecule has 0 atom stereocenters. The van der Waals surface area contributed by atoms with Crippen LogP contribution < -0.4 is 5.43 Å². The fraction of sp³-hybridized carbons (Fsp3) is 0. The maximum atomic E-state index is 6.05. The topological polar surface area (TPSA) is 24.4 Å². The van der Waals surface area contributed by atoms with Gasteiger partial charge in [-0.05, 0) is 36.4 Å². The van der Waals surface area contributed by atoms with Crippen LogP contribution in [0.15, 0.2) is 41.5 Å². The van der Waals surface area contributed by atoms with E-state index in [1.807, 2.05) is 0 Å². The quantitative estimate of drug-likeness (QED) is 0.432. The SMILES string of the molecule is Clc1ccc(N/N=C/c2c(Cl)ccc(Cl)c2Cl)cc1. The summed E-state index contributed by atoms with van der Waals surface area (Å²) in [7, 11) is 0. The minimum absolute atomic E-state index is 0.371. The lowest BCUT2D eigenvalue weighted by Gasteiger charge is -2.04. The van der Waals surface area contributed by atoms with E-state index in [0.29, 0.717) is 25.7 Å². The second-order valence-corrected chi connectivity index (χ2v) is 5.26. The van der Waals surface area contributed by atoms with E-state index in [1.54, 1.807) is 36.4 Å². The van der Waals surface area contributed by atoms with Crippen molar-refractivity contribution in [3.63, 3.8) is 0 Å². The lowest BCUT2D eigenvalue weighted by atomic mass is 10.2. The summed E-state index contributed by atoms with van der Waals surface area (Å²) < 4.78 is 0. The highest BCUT2D eigenvalue weighted by Crippen LogP contribution is 2.30. The lowest BCUT2D eigenvalue weighted by Crippen LogP contribution is -1.92. The number of anilines is 1. The van der Waals surface area contributed by atoms with Crippen molar-refractivity contribution in [1.29, 1.82) is 0 Å². The van der Waals surface area contributed by atoms with E-state index in [0.717, 1.165) is 5.69 Å². The molecule has 0 heterocycles. The average molecular weight is 334 g/mol. The molecule has 2 nitrogen and oxygen atoms in total. The first-order valence-corrected chi connectivity index (χ1v) is 6.77. The molecule has 0 aliphatic heterocycles. The highest BCUT2D eigenvalue weighted by atomic mass is 35.5. The highest BCUT2D eigenvalue weighted by Gasteiger charge is 2.07. The van der Waals surface area contributed by atoms with Crippen molar-refractivity contribution in [2.24, 2.45) is 5.10 Å². The van der Waals surface area contributed by atoms with Crippen LogP contribution in [-0.2, 0) is 0 Å². The van der Waals surface area contributed by atoms with Crippen molar-refractivity contribution in [3.8, 4) is 0 Å². The number of benzene rings is 2. The first kappa shape index (κ1) is 14.5. The van der Waals surface area contributed by atoms with E-state index < -0.39 is 0 Å². The monoisotopic (exact) mass is 332 g/mol. The molecule has 0 bridgehead atoms. The number of halogens is 4. The van der Waals surface area contributed by atoms with E-state index in [-0.39, 0.29) is 0 Å². The van der Waals surface area contributed by atoms with E-state index in [2.05, 4.69) is 10.5 Å². The molecule has 0 spiro atoms. The molecule has 98 valence electrons. The van der Waals surface area contributed by atoms with Gasteiger partial charge in [0.1, 0.15) is 0 Å². The van der Waals surface area contributed by atoms with Gasteiger partial charge in [-0.2, -0.15) is 5.10 Å². The van der Waals surface area contributed by atoms with Crippen LogP contribution in [0.25, 0.3) is 0 Å². The van der Waals surface area contributed by atoms with E-state index >= 15 is 0 Å². The molecule has 0 radical (unpaired) electrons. The number of rotatable bonds is 3. The second-order valence-electron chi connectivity index (χ2n) is 3.63. The summed E-state index contributed by atoms with van der Waals surface area (Å²) >= 11 is 23.8. The maximum Gasteiger partial charge on any atom is 0.0695 e. The first-order chi connectivity index (χ1) is 9.08. The van der Waals surface area contributed by atoms with Crippen LogP contribution in [0, 0.1) is 0 Å². The molecule has 0 amide bonds. The molecule has 0 saturated carbocycles. The van der Waals surface area contributed by atoms with Crippen molar-refractivity contribution in [3.05, 3.63) is 62.1 Å². The summed E-state index contributed by atoms with van der Waals surface area (Å²) in [5.74, 6) is 0. The third-order valence-electron chi connectivity index (χ3n) is 2.31. The van der Waals surface area contributed by atoms with E-state index in [1.165, 1.54) is 6.21 Å². The Balaban J connectivity index is 2.15. The predicted molar refractivity (Wildman–Crippen MR) is 84.1 cm³/mol. The molecule has 0 saturated heterocycles. The van der Waals surface area contributed by atoms with Gasteiger partial charge < -0.3 is 0 Å². The van der Waals surface area contributed by atoms with Gasteiger partial charge in [0.15, 0.2) is 0 Å². The Morgan fingerprint density at radius 1 is 0.842 bits per heavy atom. The average Bonchev–Trinajstić information content (AvgIpc) is 2.40. The molecule has 0 fully saturated rings. The summed E-state index contributed by atoms with van der Waals surface area (Å²) in [5.41, 5.74) is 4.21. The number of nitrogens with one attached hydrogen (secondary N) is 1. The minimum Gasteiger partial charge on any atom is -0.279 e. The molecular formula is C13H8Cl4N2. The van der Waals surface area contributed by atoms with Crippen LogP contribution in [0.1, 0.15) is 5.56 Å². The van der Waals surface area contributed by atoms with Crippen LogP contribution in [0.5, 0.6) is 0 Å². The van der Waals surface area contributed by atoms with Crippen molar-refractivity contribution in [1.82, 2.24) is 0 Å². The van der Waals surface area contributed by atoms with Crippen LogP contribution in [-0.4, -0.2) is 6.21 Å². The van der Waals surface area contributed by atoms with Gasteiger partial charge in [0.05, 0.1) is 27.0 Å². The van der Waals surface area contributed by atoms with Gasteiger partial charge in [-0.25, -0.2) is 0 Å². The zero-order chi connectivity index (χ0) is 13.8. The van der Waals surface area contributed by atoms with Crippen LogP contribution >= 0.6 is 46.4 Å². The Bertz CT molecular complexity index is 609. The minimum atomic E-state index is 0.371. The maximum absolute atomic E-state index is 6.05. The third kappa shape index (κ3) is 3.77. The van der Waals surface area contributed by atoms with Gasteiger partial charge in [-0.1, -0.05) is 46.4 Å². The zero-order valence-corrected chi connectivity index (χ0v) is 12.5. The van der Waals surface area contributed by atoms with Crippen molar-refractivity contribution >= 4 is 58.3 Å². The molecule has 2 aromatic carbocycles. The molecule has 0 unspecified atom stereocenters. The number of hydrogen-bond donors (Lipinski definition) is 1. The summed E-state index contributed by atoms with van der Waals surface area (Å²) in [5, 5.41) is 6.00. The van der Waals surface area contributed by atoms with Crippen LogP contribution in [0.2, 0.25) is 20.1 Å². The molecule has 0 aliphatic rings. The molecule has 2 aromatic rings. The van der Waals surface area contributed by atoms with Gasteiger partial charge in [0, 0.05) is 10.6 Å². The molecule has 0 aromatic heterocycles. The Morgan fingerprint density at radius 3 is 2.16 bits per heavy atom. The predicted octanol–water partition coefficient (Wildman–Crippen LogP) is 5.75. The number of hydrogen-bond acceptors (Lipinski definition) is 2. The first-order valence-electron chi connectivity index (χ1n) is 5.26. The molecule has 1 N–H and O–H groups in total. The van der Waals surface area contributed by atoms with Gasteiger partial charge in [0.2, 0.25) is 0 Å². The summed E-state index contributed by atoms with van der Waals surface area (Å²) in [6.45, 7) is 0. The molecular weight excluding hydrogens is 326 g/mol. The fourth-order valence-electron chi connectivity index (χ4n) is 1.36. The third-order valence-corrected chi connectivity index (χ3v) is 3.71. The van der Waals surface area contributed by atoms with Crippen molar-refractivity contribution in [2.75, 3.05) is 5.43 Å².